The van der Waals surface area contributed by atoms with Crippen LogP contribution in [0.3, 0.4) is 0 Å². The maximum atomic E-state index is 10.9. The van der Waals surface area contributed by atoms with Crippen LogP contribution in [0.1, 0.15) is 6.92 Å². The van der Waals surface area contributed by atoms with Crippen molar-refractivity contribution in [3.63, 3.8) is 0 Å². The van der Waals surface area contributed by atoms with Crippen molar-refractivity contribution in [2.24, 2.45) is 0 Å². The maximum absolute atomic E-state index is 10.9. The van der Waals surface area contributed by atoms with E-state index in [1.807, 2.05) is 13.0 Å². The highest BCUT2D eigenvalue weighted by Gasteiger charge is 2.05. The predicted octanol–water partition coefficient (Wildman–Crippen LogP) is 1.72. The van der Waals surface area contributed by atoms with Crippen LogP contribution in [0.4, 0.5) is 0 Å². The fraction of sp³-hybridized carbons (Fsp3) is 0.143. The molecule has 48 valence electrons. The van der Waals surface area contributed by atoms with Gasteiger partial charge in [-0.3, -0.25) is 4.21 Å². The highest BCUT2D eigenvalue weighted by molar-refractivity contribution is 7.92. The standard InChI is InChI=1S/C7H8OS/c1-3-7-4-6(2)9(8)5-7/h3-5H,1H2,2H3. The Bertz CT molecular complexity index is 223. The summed E-state index contributed by atoms with van der Waals surface area (Å²) in [6.45, 7) is 5.41. The summed E-state index contributed by atoms with van der Waals surface area (Å²) >= 11 is 0. The summed E-state index contributed by atoms with van der Waals surface area (Å²) in [4.78, 5) is 0.907. The largest absolute Gasteiger partial charge is 0.250 e. The summed E-state index contributed by atoms with van der Waals surface area (Å²) < 4.78 is 10.9. The van der Waals surface area contributed by atoms with Crippen molar-refractivity contribution in [2.75, 3.05) is 0 Å². The van der Waals surface area contributed by atoms with E-state index in [9.17, 15) is 4.21 Å². The zero-order chi connectivity index (χ0) is 6.85. The van der Waals surface area contributed by atoms with Crippen LogP contribution in [0.2, 0.25) is 0 Å². The molecular formula is C7H8OS. The van der Waals surface area contributed by atoms with Crippen molar-refractivity contribution in [3.05, 3.63) is 34.6 Å². The lowest BCUT2D eigenvalue weighted by molar-refractivity contribution is 0.692. The molecule has 0 aromatic carbocycles. The normalized spacial score (nSPS) is 25.2. The summed E-state index contributed by atoms with van der Waals surface area (Å²) in [5.41, 5.74) is 0.964. The van der Waals surface area contributed by atoms with Crippen molar-refractivity contribution in [2.45, 2.75) is 6.92 Å². The first-order valence-corrected chi connectivity index (χ1v) is 3.88. The van der Waals surface area contributed by atoms with E-state index in [0.29, 0.717) is 0 Å². The minimum absolute atomic E-state index is 0.870. The van der Waals surface area contributed by atoms with Gasteiger partial charge in [0.05, 0.1) is 10.8 Å². The van der Waals surface area contributed by atoms with E-state index in [4.69, 9.17) is 0 Å². The van der Waals surface area contributed by atoms with E-state index in [1.54, 1.807) is 11.5 Å². The zero-order valence-electron chi connectivity index (χ0n) is 5.26. The lowest BCUT2D eigenvalue weighted by Gasteiger charge is -1.81. The number of hydrogen-bond acceptors (Lipinski definition) is 1. The molecule has 1 atom stereocenters. The van der Waals surface area contributed by atoms with Crippen molar-refractivity contribution < 1.29 is 4.21 Å². The molecule has 0 amide bonds. The average Bonchev–Trinajstić information content (AvgIpc) is 2.13. The van der Waals surface area contributed by atoms with Crippen LogP contribution in [0.5, 0.6) is 0 Å². The van der Waals surface area contributed by atoms with E-state index in [2.05, 4.69) is 6.58 Å². The van der Waals surface area contributed by atoms with E-state index < -0.39 is 10.8 Å². The van der Waals surface area contributed by atoms with E-state index in [0.717, 1.165) is 10.5 Å². The lowest BCUT2D eigenvalue weighted by atomic mass is 10.3. The summed E-state index contributed by atoms with van der Waals surface area (Å²) in [7, 11) is -0.870. The minimum Gasteiger partial charge on any atom is -0.250 e. The quantitative estimate of drug-likeness (QED) is 0.542. The van der Waals surface area contributed by atoms with Gasteiger partial charge in [-0.2, -0.15) is 0 Å². The van der Waals surface area contributed by atoms with Crippen LogP contribution in [-0.2, 0) is 10.8 Å². The molecule has 0 bridgehead atoms. The molecular weight excluding hydrogens is 132 g/mol. The number of rotatable bonds is 1. The molecule has 0 aliphatic carbocycles. The summed E-state index contributed by atoms with van der Waals surface area (Å²) in [5.74, 6) is 0. The van der Waals surface area contributed by atoms with Gasteiger partial charge in [0.2, 0.25) is 0 Å². The van der Waals surface area contributed by atoms with Gasteiger partial charge < -0.3 is 0 Å². The molecule has 1 nitrogen and oxygen atoms in total. The zero-order valence-corrected chi connectivity index (χ0v) is 6.07. The van der Waals surface area contributed by atoms with Gasteiger partial charge >= 0.3 is 0 Å². The fourth-order valence-electron chi connectivity index (χ4n) is 0.650. The van der Waals surface area contributed by atoms with Crippen LogP contribution in [-0.4, -0.2) is 4.21 Å². The first-order chi connectivity index (χ1) is 4.24. The molecule has 1 unspecified atom stereocenters. The Morgan fingerprint density at radius 3 is 2.67 bits per heavy atom. The van der Waals surface area contributed by atoms with E-state index >= 15 is 0 Å². The third kappa shape index (κ3) is 1.19. The highest BCUT2D eigenvalue weighted by atomic mass is 32.2. The third-order valence-corrected chi connectivity index (χ3v) is 2.40. The molecule has 0 aromatic rings. The topological polar surface area (TPSA) is 17.1 Å². The maximum Gasteiger partial charge on any atom is 0.0738 e. The molecule has 0 N–H and O–H groups in total. The van der Waals surface area contributed by atoms with Gasteiger partial charge in [-0.05, 0) is 18.6 Å². The highest BCUT2D eigenvalue weighted by Crippen LogP contribution is 2.17. The molecule has 1 rings (SSSR count). The minimum atomic E-state index is -0.870. The smallest absolute Gasteiger partial charge is 0.0738 e. The molecule has 9 heavy (non-hydrogen) atoms. The Labute approximate surface area is 57.2 Å². The number of allylic oxidation sites excluding steroid dienone is 4. The monoisotopic (exact) mass is 140 g/mol. The van der Waals surface area contributed by atoms with Crippen molar-refractivity contribution in [1.29, 1.82) is 0 Å². The van der Waals surface area contributed by atoms with Crippen molar-refractivity contribution in [3.8, 4) is 0 Å². The van der Waals surface area contributed by atoms with E-state index in [1.165, 1.54) is 0 Å². The second kappa shape index (κ2) is 2.31. The van der Waals surface area contributed by atoms with Crippen LogP contribution < -0.4 is 0 Å². The summed E-state index contributed by atoms with van der Waals surface area (Å²) in [6, 6.07) is 0. The SMILES string of the molecule is C=CC1=CS(=O)C(C)=C1. The first kappa shape index (κ1) is 6.49. The average molecular weight is 140 g/mol. The van der Waals surface area contributed by atoms with Gasteiger partial charge in [-0.25, -0.2) is 0 Å². The molecule has 0 saturated heterocycles. The van der Waals surface area contributed by atoms with E-state index in [-0.39, 0.29) is 0 Å². The van der Waals surface area contributed by atoms with Crippen molar-refractivity contribution in [1.82, 2.24) is 0 Å². The second-order valence-corrected chi connectivity index (χ2v) is 3.35. The lowest BCUT2D eigenvalue weighted by Crippen LogP contribution is -1.76. The Balaban J connectivity index is 2.95. The van der Waals surface area contributed by atoms with Crippen LogP contribution in [0, 0.1) is 0 Å². The van der Waals surface area contributed by atoms with Gasteiger partial charge in [0, 0.05) is 10.3 Å². The number of hydrogen-bond donors (Lipinski definition) is 0. The molecule has 0 radical (unpaired) electrons. The molecule has 1 aliphatic heterocycles. The Morgan fingerprint density at radius 1 is 1.78 bits per heavy atom. The Kier molecular flexibility index (Phi) is 1.67. The third-order valence-electron chi connectivity index (χ3n) is 1.17. The molecule has 0 aromatic heterocycles. The van der Waals surface area contributed by atoms with Gasteiger partial charge in [0.1, 0.15) is 0 Å². The molecule has 2 heteroatoms. The molecule has 0 fully saturated rings. The molecule has 1 aliphatic rings. The van der Waals surface area contributed by atoms with Crippen LogP contribution in [0.25, 0.3) is 0 Å². The van der Waals surface area contributed by atoms with Gasteiger partial charge in [0.25, 0.3) is 0 Å². The Morgan fingerprint density at radius 2 is 2.44 bits per heavy atom. The Hall–Kier alpha value is -0.630. The predicted molar refractivity (Wildman–Crippen MR) is 40.2 cm³/mol. The first-order valence-electron chi connectivity index (χ1n) is 2.67. The molecule has 0 spiro atoms. The molecule has 1 heterocycles. The van der Waals surface area contributed by atoms with Crippen LogP contribution in [0.15, 0.2) is 34.6 Å². The van der Waals surface area contributed by atoms with Gasteiger partial charge in [-0.15, -0.1) is 0 Å². The fourth-order valence-corrected chi connectivity index (χ4v) is 1.50. The summed E-state index contributed by atoms with van der Waals surface area (Å²) in [6.07, 6.45) is 3.58. The van der Waals surface area contributed by atoms with Gasteiger partial charge in [0.15, 0.2) is 0 Å². The van der Waals surface area contributed by atoms with Gasteiger partial charge in [-0.1, -0.05) is 12.7 Å². The molecule has 0 saturated carbocycles. The van der Waals surface area contributed by atoms with Crippen LogP contribution >= 0.6 is 0 Å². The van der Waals surface area contributed by atoms with Crippen molar-refractivity contribution >= 4 is 10.8 Å². The summed E-state index contributed by atoms with van der Waals surface area (Å²) in [5, 5.41) is 1.70. The second-order valence-electron chi connectivity index (χ2n) is 1.87.